The third kappa shape index (κ3) is 3.48. The molecule has 1 atom stereocenters. The molecule has 4 nitrogen and oxygen atoms in total. The number of carbonyl (C=O) groups excluding carboxylic acids is 1. The molecule has 1 aromatic carbocycles. The average Bonchev–Trinajstić information content (AvgIpc) is 2.28. The van der Waals surface area contributed by atoms with Crippen LogP contribution < -0.4 is 5.73 Å². The summed E-state index contributed by atoms with van der Waals surface area (Å²) in [4.78, 5) is 11.4. The Kier molecular flexibility index (Phi) is 4.29. The molecule has 0 aromatic heterocycles. The lowest BCUT2D eigenvalue weighted by molar-refractivity contribution is -0.164. The van der Waals surface area contributed by atoms with Crippen molar-refractivity contribution in [2.75, 3.05) is 6.54 Å². The van der Waals surface area contributed by atoms with Crippen molar-refractivity contribution in [3.8, 4) is 0 Å². The summed E-state index contributed by atoms with van der Waals surface area (Å²) in [5.41, 5.74) is 4.39. The summed E-state index contributed by atoms with van der Waals surface area (Å²) in [5.74, 6) is -0.732. The van der Waals surface area contributed by atoms with E-state index in [1.165, 1.54) is 6.92 Å². The van der Waals surface area contributed by atoms with Gasteiger partial charge in [0.05, 0.1) is 0 Å². The van der Waals surface area contributed by atoms with Gasteiger partial charge in [0.1, 0.15) is 6.61 Å². The van der Waals surface area contributed by atoms with Crippen LogP contribution in [0.15, 0.2) is 24.3 Å². The zero-order chi connectivity index (χ0) is 12.2. The van der Waals surface area contributed by atoms with Gasteiger partial charge in [-0.05, 0) is 24.6 Å². The van der Waals surface area contributed by atoms with Crippen LogP contribution in [0, 0.1) is 0 Å². The summed E-state index contributed by atoms with van der Waals surface area (Å²) >= 11 is 5.71. The highest BCUT2D eigenvalue weighted by atomic mass is 35.5. The molecule has 0 aliphatic carbocycles. The molecule has 0 saturated heterocycles. The Morgan fingerprint density at radius 1 is 1.50 bits per heavy atom. The lowest BCUT2D eigenvalue weighted by atomic mass is 10.1. The van der Waals surface area contributed by atoms with E-state index in [4.69, 9.17) is 22.1 Å². The van der Waals surface area contributed by atoms with Crippen LogP contribution in [-0.4, -0.2) is 23.2 Å². The highest BCUT2D eigenvalue weighted by Crippen LogP contribution is 2.11. The van der Waals surface area contributed by atoms with E-state index in [-0.39, 0.29) is 13.2 Å². The Balaban J connectivity index is 2.52. The van der Waals surface area contributed by atoms with Gasteiger partial charge in [0.2, 0.25) is 0 Å². The SMILES string of the molecule is CC(O)(CN)C(=O)OCc1ccc(Cl)cc1. The second kappa shape index (κ2) is 5.30. The van der Waals surface area contributed by atoms with Gasteiger partial charge in [-0.1, -0.05) is 23.7 Å². The van der Waals surface area contributed by atoms with Crippen LogP contribution in [0.2, 0.25) is 5.02 Å². The quantitative estimate of drug-likeness (QED) is 0.777. The molecule has 0 bridgehead atoms. The lowest BCUT2D eigenvalue weighted by Gasteiger charge is -2.18. The highest BCUT2D eigenvalue weighted by Gasteiger charge is 2.30. The normalized spacial score (nSPS) is 14.2. The molecule has 0 spiro atoms. The Bertz CT molecular complexity index is 362. The number of aliphatic hydroxyl groups is 1. The van der Waals surface area contributed by atoms with E-state index in [0.29, 0.717) is 5.02 Å². The number of hydrogen-bond acceptors (Lipinski definition) is 4. The van der Waals surface area contributed by atoms with Crippen molar-refractivity contribution in [2.24, 2.45) is 5.73 Å². The van der Waals surface area contributed by atoms with Crippen molar-refractivity contribution >= 4 is 17.6 Å². The average molecular weight is 244 g/mol. The second-order valence-electron chi connectivity index (χ2n) is 3.68. The van der Waals surface area contributed by atoms with Gasteiger partial charge in [0.25, 0.3) is 0 Å². The first kappa shape index (κ1) is 13.0. The fraction of sp³-hybridized carbons (Fsp3) is 0.364. The number of rotatable bonds is 4. The zero-order valence-electron chi connectivity index (χ0n) is 8.94. The van der Waals surface area contributed by atoms with Gasteiger partial charge in [-0.25, -0.2) is 4.79 Å². The minimum atomic E-state index is -1.63. The summed E-state index contributed by atoms with van der Waals surface area (Å²) in [6.45, 7) is 1.23. The van der Waals surface area contributed by atoms with Crippen molar-refractivity contribution in [3.63, 3.8) is 0 Å². The number of halogens is 1. The number of hydrogen-bond donors (Lipinski definition) is 2. The van der Waals surface area contributed by atoms with E-state index >= 15 is 0 Å². The van der Waals surface area contributed by atoms with Gasteiger partial charge in [0, 0.05) is 11.6 Å². The molecule has 0 heterocycles. The minimum Gasteiger partial charge on any atom is -0.459 e. The molecule has 88 valence electrons. The van der Waals surface area contributed by atoms with E-state index < -0.39 is 11.6 Å². The summed E-state index contributed by atoms with van der Waals surface area (Å²) < 4.78 is 4.91. The highest BCUT2D eigenvalue weighted by molar-refractivity contribution is 6.30. The molecule has 16 heavy (non-hydrogen) atoms. The van der Waals surface area contributed by atoms with Crippen molar-refractivity contribution in [1.29, 1.82) is 0 Å². The minimum absolute atomic E-state index is 0.0894. The predicted molar refractivity (Wildman–Crippen MR) is 60.9 cm³/mol. The zero-order valence-corrected chi connectivity index (χ0v) is 9.70. The monoisotopic (exact) mass is 243 g/mol. The summed E-state index contributed by atoms with van der Waals surface area (Å²) in [7, 11) is 0. The smallest absolute Gasteiger partial charge is 0.339 e. The van der Waals surface area contributed by atoms with E-state index in [2.05, 4.69) is 0 Å². The number of ether oxygens (including phenoxy) is 1. The molecular weight excluding hydrogens is 230 g/mol. The van der Waals surface area contributed by atoms with Gasteiger partial charge >= 0.3 is 5.97 Å². The maximum atomic E-state index is 11.4. The van der Waals surface area contributed by atoms with Gasteiger partial charge in [0.15, 0.2) is 5.60 Å². The molecule has 0 amide bonds. The summed E-state index contributed by atoms with van der Waals surface area (Å²) in [6, 6.07) is 6.89. The van der Waals surface area contributed by atoms with E-state index in [1.807, 2.05) is 0 Å². The number of carbonyl (C=O) groups is 1. The maximum Gasteiger partial charge on any atom is 0.339 e. The van der Waals surface area contributed by atoms with Crippen LogP contribution in [-0.2, 0) is 16.1 Å². The second-order valence-corrected chi connectivity index (χ2v) is 4.12. The number of esters is 1. The Morgan fingerprint density at radius 2 is 2.06 bits per heavy atom. The molecule has 1 aromatic rings. The molecule has 3 N–H and O–H groups in total. The maximum absolute atomic E-state index is 11.4. The molecule has 0 radical (unpaired) electrons. The fourth-order valence-corrected chi connectivity index (χ4v) is 1.09. The molecule has 1 unspecified atom stereocenters. The molecule has 0 aliphatic heterocycles. The third-order valence-electron chi connectivity index (χ3n) is 2.12. The first-order valence-corrected chi connectivity index (χ1v) is 5.17. The van der Waals surface area contributed by atoms with Gasteiger partial charge in [-0.15, -0.1) is 0 Å². The van der Waals surface area contributed by atoms with Crippen LogP contribution in [0.1, 0.15) is 12.5 Å². The predicted octanol–water partition coefficient (Wildman–Crippen LogP) is 1.09. The van der Waals surface area contributed by atoms with Crippen molar-refractivity contribution in [3.05, 3.63) is 34.9 Å². The van der Waals surface area contributed by atoms with E-state index in [0.717, 1.165) is 5.56 Å². The first-order chi connectivity index (χ1) is 7.45. The standard InChI is InChI=1S/C11H14ClNO3/c1-11(15,7-13)10(14)16-6-8-2-4-9(12)5-3-8/h2-5,15H,6-7,13H2,1H3. The molecule has 1 rings (SSSR count). The largest absolute Gasteiger partial charge is 0.459 e. The van der Waals surface area contributed by atoms with Crippen molar-refractivity contribution < 1.29 is 14.6 Å². The Labute approximate surface area is 99.0 Å². The van der Waals surface area contributed by atoms with Crippen LogP contribution in [0.5, 0.6) is 0 Å². The van der Waals surface area contributed by atoms with Crippen LogP contribution >= 0.6 is 11.6 Å². The number of benzene rings is 1. The molecule has 5 heteroatoms. The first-order valence-electron chi connectivity index (χ1n) is 4.80. The lowest BCUT2D eigenvalue weighted by Crippen LogP contribution is -2.43. The Morgan fingerprint density at radius 3 is 2.56 bits per heavy atom. The van der Waals surface area contributed by atoms with Gasteiger partial charge in [-0.3, -0.25) is 0 Å². The van der Waals surface area contributed by atoms with Gasteiger partial charge in [-0.2, -0.15) is 0 Å². The van der Waals surface area contributed by atoms with Crippen LogP contribution in [0.3, 0.4) is 0 Å². The van der Waals surface area contributed by atoms with E-state index in [9.17, 15) is 9.90 Å². The molecule has 0 saturated carbocycles. The third-order valence-corrected chi connectivity index (χ3v) is 2.37. The van der Waals surface area contributed by atoms with E-state index in [1.54, 1.807) is 24.3 Å². The topological polar surface area (TPSA) is 72.5 Å². The Hall–Kier alpha value is -1.10. The summed E-state index contributed by atoms with van der Waals surface area (Å²) in [5, 5.41) is 10.1. The van der Waals surface area contributed by atoms with Crippen molar-refractivity contribution in [1.82, 2.24) is 0 Å². The van der Waals surface area contributed by atoms with Gasteiger partial charge < -0.3 is 15.6 Å². The number of nitrogens with two attached hydrogens (primary N) is 1. The molecule has 0 aliphatic rings. The van der Waals surface area contributed by atoms with Crippen molar-refractivity contribution in [2.45, 2.75) is 19.1 Å². The molecular formula is C11H14ClNO3. The van der Waals surface area contributed by atoms with Crippen LogP contribution in [0.25, 0.3) is 0 Å². The van der Waals surface area contributed by atoms with Crippen LogP contribution in [0.4, 0.5) is 0 Å². The summed E-state index contributed by atoms with van der Waals surface area (Å²) in [6.07, 6.45) is 0. The molecule has 0 fully saturated rings. The fourth-order valence-electron chi connectivity index (χ4n) is 0.968.